The Kier molecular flexibility index (Phi) is 12.9. The summed E-state index contributed by atoms with van der Waals surface area (Å²) < 4.78 is 9.58. The van der Waals surface area contributed by atoms with Crippen molar-refractivity contribution in [2.75, 3.05) is 27.3 Å². The van der Waals surface area contributed by atoms with Crippen LogP contribution >= 0.6 is 0 Å². The number of fused-ring (bicyclic) bond motifs is 1. The third kappa shape index (κ3) is 9.02. The van der Waals surface area contributed by atoms with E-state index in [1.165, 1.54) is 14.2 Å². The first kappa shape index (κ1) is 42.0. The number of nitrogens with one attached hydrogen (secondary N) is 4. The molecule has 4 atom stereocenters. The van der Waals surface area contributed by atoms with Crippen molar-refractivity contribution in [3.05, 3.63) is 84.7 Å². The molecule has 4 N–H and O–H groups in total. The molecule has 4 amide bonds. The lowest BCUT2D eigenvalue weighted by Crippen LogP contribution is -2.53. The summed E-state index contributed by atoms with van der Waals surface area (Å²) in [6.07, 6.45) is 7.86. The molecule has 0 spiro atoms. The zero-order valence-corrected chi connectivity index (χ0v) is 35.3. The Balaban J connectivity index is 1.04. The molecule has 14 nitrogen and oxygen atoms in total. The molecule has 4 heterocycles. The molecule has 0 aliphatic carbocycles. The molecule has 2 saturated heterocycles. The van der Waals surface area contributed by atoms with Crippen LogP contribution < -0.4 is 10.6 Å². The van der Waals surface area contributed by atoms with Crippen LogP contribution in [0.25, 0.3) is 44.4 Å². The van der Waals surface area contributed by atoms with Gasteiger partial charge in [0.25, 0.3) is 0 Å². The predicted octanol–water partition coefficient (Wildman–Crippen LogP) is 8.16. The molecule has 0 unspecified atom stereocenters. The van der Waals surface area contributed by atoms with E-state index in [9.17, 15) is 19.2 Å². The SMILES string of the molecule is COC(=O)N[C@H](C(=O)N1CCCC[C@H]1c1nc(-c2ccc(-c3ccc4cc(-c5c[nH]c([C@@H]6CCCCN6C(=O)[C@@H](NC(=O)OC)C(C)C)n5)ccc4c3)cc2)c[nH]1)C(C)C. The molecule has 14 heteroatoms. The number of hydrogen-bond acceptors (Lipinski definition) is 8. The fraction of sp³-hybridized carbons (Fsp3) is 0.435. The van der Waals surface area contributed by atoms with Gasteiger partial charge in [-0.2, -0.15) is 0 Å². The predicted molar refractivity (Wildman–Crippen MR) is 229 cm³/mol. The first-order valence-electron chi connectivity index (χ1n) is 21.0. The Morgan fingerprint density at radius 3 is 1.48 bits per heavy atom. The summed E-state index contributed by atoms with van der Waals surface area (Å²) in [5, 5.41) is 7.63. The van der Waals surface area contributed by atoms with Gasteiger partial charge in [-0.3, -0.25) is 9.59 Å². The Morgan fingerprint density at radius 2 is 1.02 bits per heavy atom. The van der Waals surface area contributed by atoms with Crippen LogP contribution in [-0.2, 0) is 19.1 Å². The summed E-state index contributed by atoms with van der Waals surface area (Å²) in [5.74, 6) is 0.992. The molecule has 0 bridgehead atoms. The second kappa shape index (κ2) is 18.4. The third-order valence-corrected chi connectivity index (χ3v) is 11.8. The standard InChI is InChI=1S/C46H56N8O6/c1-27(2)39(51-45(57)59-5)43(55)53-21-9-7-11-37(53)41-47-25-35(49-41)30-15-13-29(14-16-30)31-17-18-33-24-34(20-19-32(33)23-31)36-26-48-42(50-36)38-12-8-10-22-54(38)44(56)40(28(3)4)52-46(58)60-6/h13-20,23-28,37-40H,7-12,21-22H2,1-6H3,(H,47,49)(H,48,50)(H,51,57)(H,52,58)/t37-,38-,39-,40-/m0/s1. The summed E-state index contributed by atoms with van der Waals surface area (Å²) in [5.41, 5.74) is 5.70. The van der Waals surface area contributed by atoms with E-state index < -0.39 is 24.3 Å². The topological polar surface area (TPSA) is 175 Å². The Morgan fingerprint density at radius 1 is 0.600 bits per heavy atom. The maximum atomic E-state index is 13.7. The molecular weight excluding hydrogens is 761 g/mol. The highest BCUT2D eigenvalue weighted by Crippen LogP contribution is 2.35. The molecule has 2 aromatic heterocycles. The quantitative estimate of drug-likeness (QED) is 0.103. The Hall–Kier alpha value is -6.18. The summed E-state index contributed by atoms with van der Waals surface area (Å²) in [7, 11) is 2.59. The molecule has 2 fully saturated rings. The van der Waals surface area contributed by atoms with Gasteiger partial charge in [0, 0.05) is 36.6 Å². The number of benzene rings is 3. The van der Waals surface area contributed by atoms with Crippen molar-refractivity contribution >= 4 is 34.8 Å². The zero-order valence-electron chi connectivity index (χ0n) is 35.3. The number of H-pyrrole nitrogens is 2. The Bertz CT molecular complexity index is 2320. The van der Waals surface area contributed by atoms with E-state index in [1.54, 1.807) is 0 Å². The van der Waals surface area contributed by atoms with E-state index >= 15 is 0 Å². The van der Waals surface area contributed by atoms with Crippen molar-refractivity contribution in [2.45, 2.75) is 90.4 Å². The van der Waals surface area contributed by atoms with Crippen molar-refractivity contribution in [3.63, 3.8) is 0 Å². The fourth-order valence-electron chi connectivity index (χ4n) is 8.44. The number of carbonyl (C=O) groups excluding carboxylic acids is 4. The van der Waals surface area contributed by atoms with Gasteiger partial charge < -0.3 is 39.9 Å². The lowest BCUT2D eigenvalue weighted by Gasteiger charge is -2.37. The lowest BCUT2D eigenvalue weighted by molar-refractivity contribution is -0.139. The number of methoxy groups -OCH3 is 2. The van der Waals surface area contributed by atoms with E-state index in [2.05, 4.69) is 81.3 Å². The zero-order chi connectivity index (χ0) is 42.5. The number of hydrogen-bond donors (Lipinski definition) is 4. The van der Waals surface area contributed by atoms with Crippen LogP contribution in [0.4, 0.5) is 9.59 Å². The fourth-order valence-corrected chi connectivity index (χ4v) is 8.44. The average molecular weight is 817 g/mol. The summed E-state index contributed by atoms with van der Waals surface area (Å²) in [6, 6.07) is 19.3. The van der Waals surface area contributed by atoms with Crippen LogP contribution in [0.15, 0.2) is 73.1 Å². The van der Waals surface area contributed by atoms with Crippen LogP contribution in [-0.4, -0.2) is 93.1 Å². The number of carbonyl (C=O) groups is 4. The van der Waals surface area contributed by atoms with E-state index in [0.717, 1.165) is 94.6 Å². The highest BCUT2D eigenvalue weighted by Gasteiger charge is 2.37. The van der Waals surface area contributed by atoms with Gasteiger partial charge in [-0.05, 0) is 84.4 Å². The maximum absolute atomic E-state index is 13.7. The summed E-state index contributed by atoms with van der Waals surface area (Å²) in [4.78, 5) is 71.9. The number of imidazole rings is 2. The van der Waals surface area contributed by atoms with Gasteiger partial charge in [0.15, 0.2) is 0 Å². The minimum absolute atomic E-state index is 0.108. The number of ether oxygens (including phenoxy) is 2. The highest BCUT2D eigenvalue weighted by molar-refractivity contribution is 5.91. The molecular formula is C46H56N8O6. The van der Waals surface area contributed by atoms with Gasteiger partial charge in [0.1, 0.15) is 23.7 Å². The minimum Gasteiger partial charge on any atom is -0.453 e. The first-order chi connectivity index (χ1) is 28.9. The number of likely N-dealkylation sites (tertiary alicyclic amines) is 2. The normalized spacial score (nSPS) is 18.0. The number of piperidine rings is 2. The molecule has 60 heavy (non-hydrogen) atoms. The van der Waals surface area contributed by atoms with Crippen LogP contribution in [0.5, 0.6) is 0 Å². The lowest BCUT2D eigenvalue weighted by atomic mass is 9.97. The monoisotopic (exact) mass is 816 g/mol. The number of rotatable bonds is 11. The number of alkyl carbamates (subject to hydrolysis) is 2. The van der Waals surface area contributed by atoms with E-state index in [-0.39, 0.29) is 35.7 Å². The van der Waals surface area contributed by atoms with Crippen LogP contribution in [0, 0.1) is 11.8 Å². The highest BCUT2D eigenvalue weighted by atomic mass is 16.5. The Labute approximate surface area is 350 Å². The number of amides is 4. The van der Waals surface area contributed by atoms with E-state index in [0.29, 0.717) is 13.1 Å². The van der Waals surface area contributed by atoms with Gasteiger partial charge in [-0.15, -0.1) is 0 Å². The molecule has 2 aliphatic rings. The van der Waals surface area contributed by atoms with Crippen LogP contribution in [0.2, 0.25) is 0 Å². The maximum Gasteiger partial charge on any atom is 0.407 e. The van der Waals surface area contributed by atoms with Crippen LogP contribution in [0.3, 0.4) is 0 Å². The smallest absolute Gasteiger partial charge is 0.407 e. The largest absolute Gasteiger partial charge is 0.453 e. The number of nitrogens with zero attached hydrogens (tertiary/aromatic N) is 4. The van der Waals surface area contributed by atoms with Crippen LogP contribution in [0.1, 0.15) is 90.0 Å². The van der Waals surface area contributed by atoms with Crippen molar-refractivity contribution in [1.29, 1.82) is 0 Å². The molecule has 316 valence electrons. The van der Waals surface area contributed by atoms with Crippen molar-refractivity contribution in [3.8, 4) is 33.6 Å². The molecule has 2 aliphatic heterocycles. The second-order valence-corrected chi connectivity index (χ2v) is 16.5. The van der Waals surface area contributed by atoms with Gasteiger partial charge >= 0.3 is 12.2 Å². The van der Waals surface area contributed by atoms with Crippen molar-refractivity contribution < 1.29 is 28.7 Å². The number of aromatic amines is 2. The van der Waals surface area contributed by atoms with E-state index in [1.807, 2.05) is 49.9 Å². The summed E-state index contributed by atoms with van der Waals surface area (Å²) in [6.45, 7) is 8.84. The first-order valence-corrected chi connectivity index (χ1v) is 21.0. The minimum atomic E-state index is -0.693. The van der Waals surface area contributed by atoms with Crippen molar-refractivity contribution in [2.24, 2.45) is 11.8 Å². The molecule has 0 saturated carbocycles. The van der Waals surface area contributed by atoms with Gasteiger partial charge in [0.05, 0.1) is 37.7 Å². The third-order valence-electron chi connectivity index (χ3n) is 11.8. The summed E-state index contributed by atoms with van der Waals surface area (Å²) >= 11 is 0. The van der Waals surface area contributed by atoms with E-state index in [4.69, 9.17) is 19.4 Å². The molecule has 0 radical (unpaired) electrons. The molecule has 5 aromatic rings. The van der Waals surface area contributed by atoms with Crippen molar-refractivity contribution in [1.82, 2.24) is 40.4 Å². The number of aromatic nitrogens is 4. The van der Waals surface area contributed by atoms with Gasteiger partial charge in [-0.1, -0.05) is 76.2 Å². The molecule has 7 rings (SSSR count). The average Bonchev–Trinajstić information content (AvgIpc) is 3.98. The molecule has 3 aromatic carbocycles. The second-order valence-electron chi connectivity index (χ2n) is 16.5. The van der Waals surface area contributed by atoms with Gasteiger partial charge in [0.2, 0.25) is 11.8 Å². The van der Waals surface area contributed by atoms with Gasteiger partial charge in [-0.25, -0.2) is 19.6 Å².